The van der Waals surface area contributed by atoms with Gasteiger partial charge in [-0.25, -0.2) is 0 Å². The number of anilines is 2. The number of hydrogen-bond acceptors (Lipinski definition) is 4. The molecule has 2 aromatic carbocycles. The largest absolute Gasteiger partial charge is 0.508 e. The van der Waals surface area contributed by atoms with Crippen LogP contribution in [-0.2, 0) is 9.59 Å². The van der Waals surface area contributed by atoms with Crippen LogP contribution in [-0.4, -0.2) is 28.5 Å². The van der Waals surface area contributed by atoms with E-state index in [0.717, 1.165) is 0 Å². The average Bonchev–Trinajstić information content (AvgIpc) is 2.95. The zero-order valence-corrected chi connectivity index (χ0v) is 13.2. The molecule has 7 heteroatoms. The lowest BCUT2D eigenvalue weighted by molar-refractivity contribution is -0.124. The molecule has 1 atom stereocenters. The minimum Gasteiger partial charge on any atom is -0.508 e. The van der Waals surface area contributed by atoms with E-state index >= 15 is 0 Å². The van der Waals surface area contributed by atoms with E-state index in [-0.39, 0.29) is 30.4 Å². The fourth-order valence-corrected chi connectivity index (χ4v) is 3.35. The van der Waals surface area contributed by atoms with Crippen LogP contribution in [0, 0.1) is 0 Å². The fourth-order valence-electron chi connectivity index (χ4n) is 3.35. The molecule has 1 saturated heterocycles. The van der Waals surface area contributed by atoms with E-state index in [1.165, 1.54) is 17.0 Å². The third-order valence-corrected chi connectivity index (χ3v) is 4.54. The molecule has 0 bridgehead atoms. The molecule has 126 valence electrons. The highest BCUT2D eigenvalue weighted by molar-refractivity contribution is 6.18. The van der Waals surface area contributed by atoms with Crippen LogP contribution < -0.4 is 15.5 Å². The van der Waals surface area contributed by atoms with Crippen LogP contribution in [0.15, 0.2) is 48.5 Å². The molecule has 2 aliphatic rings. The second kappa shape index (κ2) is 5.34. The van der Waals surface area contributed by atoms with Crippen LogP contribution in [0.4, 0.5) is 11.4 Å². The topological polar surface area (TPSA) is 98.7 Å². The van der Waals surface area contributed by atoms with E-state index in [1.54, 1.807) is 36.4 Å². The van der Waals surface area contributed by atoms with Gasteiger partial charge in [-0.15, -0.1) is 0 Å². The number of para-hydroxylation sites is 1. The van der Waals surface area contributed by atoms with E-state index < -0.39 is 11.6 Å². The lowest BCUT2D eigenvalue weighted by Crippen LogP contribution is -2.68. The van der Waals surface area contributed by atoms with Crippen molar-refractivity contribution in [3.63, 3.8) is 0 Å². The summed E-state index contributed by atoms with van der Waals surface area (Å²) in [6.45, 7) is 0. The Hall–Kier alpha value is -3.35. The molecule has 1 fully saturated rings. The summed E-state index contributed by atoms with van der Waals surface area (Å²) in [6.07, 6.45) is 0.355. The molecule has 0 spiro atoms. The summed E-state index contributed by atoms with van der Waals surface area (Å²) < 4.78 is 0. The number of carbonyl (C=O) groups excluding carboxylic acids is 3. The normalized spacial score (nSPS) is 21.4. The zero-order chi connectivity index (χ0) is 17.6. The number of amides is 3. The number of nitrogens with one attached hydrogen (secondary N) is 2. The van der Waals surface area contributed by atoms with E-state index in [9.17, 15) is 19.5 Å². The SMILES string of the molecule is O=C1N[C@]2(C(=O)Nc3ccc(O)cc3)CCC(=O)N2c2ccccc21. The quantitative estimate of drug-likeness (QED) is 0.725. The highest BCUT2D eigenvalue weighted by Gasteiger charge is 2.56. The first-order valence-electron chi connectivity index (χ1n) is 7.86. The van der Waals surface area contributed by atoms with Crippen LogP contribution in [0.1, 0.15) is 23.2 Å². The van der Waals surface area contributed by atoms with Crippen LogP contribution >= 0.6 is 0 Å². The van der Waals surface area contributed by atoms with Gasteiger partial charge in [-0.3, -0.25) is 19.3 Å². The highest BCUT2D eigenvalue weighted by Crippen LogP contribution is 2.39. The Kier molecular flexibility index (Phi) is 3.24. The molecule has 2 heterocycles. The van der Waals surface area contributed by atoms with Crippen molar-refractivity contribution in [1.82, 2.24) is 5.32 Å². The maximum Gasteiger partial charge on any atom is 0.271 e. The Morgan fingerprint density at radius 3 is 2.60 bits per heavy atom. The van der Waals surface area contributed by atoms with Gasteiger partial charge in [0.15, 0.2) is 0 Å². The number of carbonyl (C=O) groups is 3. The van der Waals surface area contributed by atoms with Gasteiger partial charge in [0.25, 0.3) is 11.8 Å². The smallest absolute Gasteiger partial charge is 0.271 e. The first-order chi connectivity index (χ1) is 12.0. The third kappa shape index (κ3) is 2.24. The summed E-state index contributed by atoms with van der Waals surface area (Å²) in [5.41, 5.74) is -0.176. The van der Waals surface area contributed by atoms with E-state index in [1.807, 2.05) is 0 Å². The van der Waals surface area contributed by atoms with Gasteiger partial charge in [0.05, 0.1) is 11.3 Å². The van der Waals surface area contributed by atoms with Crippen molar-refractivity contribution in [1.29, 1.82) is 0 Å². The second-order valence-corrected chi connectivity index (χ2v) is 6.06. The Labute approximate surface area is 143 Å². The number of benzene rings is 2. The van der Waals surface area contributed by atoms with Crippen LogP contribution in [0.2, 0.25) is 0 Å². The third-order valence-electron chi connectivity index (χ3n) is 4.54. The number of aromatic hydroxyl groups is 1. The summed E-state index contributed by atoms with van der Waals surface area (Å²) in [7, 11) is 0. The molecule has 2 aromatic rings. The molecule has 0 radical (unpaired) electrons. The molecule has 2 aliphatic heterocycles. The molecule has 25 heavy (non-hydrogen) atoms. The van der Waals surface area contributed by atoms with Gasteiger partial charge in [0, 0.05) is 18.5 Å². The standard InChI is InChI=1S/C18H15N3O4/c22-12-7-5-11(6-8-12)19-17(25)18-10-9-15(23)21(18)14-4-2-1-3-13(14)16(24)20-18/h1-8,22H,9-10H2,(H,19,25)(H,20,24)/t18-/m1/s1. The Morgan fingerprint density at radius 2 is 1.84 bits per heavy atom. The van der Waals surface area contributed by atoms with Crippen molar-refractivity contribution in [2.75, 3.05) is 10.2 Å². The van der Waals surface area contributed by atoms with E-state index in [2.05, 4.69) is 10.6 Å². The zero-order valence-electron chi connectivity index (χ0n) is 13.2. The summed E-state index contributed by atoms with van der Waals surface area (Å²) in [5, 5.41) is 14.8. The van der Waals surface area contributed by atoms with Crippen LogP contribution in [0.3, 0.4) is 0 Å². The molecular weight excluding hydrogens is 322 g/mol. The van der Waals surface area contributed by atoms with E-state index in [0.29, 0.717) is 16.9 Å². The lowest BCUT2D eigenvalue weighted by Gasteiger charge is -2.41. The van der Waals surface area contributed by atoms with Gasteiger partial charge in [0.2, 0.25) is 11.6 Å². The maximum absolute atomic E-state index is 13.0. The molecule has 7 nitrogen and oxygen atoms in total. The molecule has 0 saturated carbocycles. The minimum absolute atomic E-state index is 0.0775. The molecular formula is C18H15N3O4. The number of rotatable bonds is 2. The molecule has 0 aromatic heterocycles. The average molecular weight is 337 g/mol. The van der Waals surface area contributed by atoms with Crippen molar-refractivity contribution in [3.8, 4) is 5.75 Å². The summed E-state index contributed by atoms with van der Waals surface area (Å²) in [4.78, 5) is 39.3. The van der Waals surface area contributed by atoms with Gasteiger partial charge in [-0.2, -0.15) is 0 Å². The maximum atomic E-state index is 13.0. The number of phenolic OH excluding ortho intramolecular Hbond substituents is 1. The first-order valence-corrected chi connectivity index (χ1v) is 7.86. The van der Waals surface area contributed by atoms with Crippen molar-refractivity contribution in [2.24, 2.45) is 0 Å². The molecule has 3 amide bonds. The van der Waals surface area contributed by atoms with Gasteiger partial charge < -0.3 is 15.7 Å². The van der Waals surface area contributed by atoms with Crippen molar-refractivity contribution in [2.45, 2.75) is 18.5 Å². The highest BCUT2D eigenvalue weighted by atomic mass is 16.3. The molecule has 3 N–H and O–H groups in total. The van der Waals surface area contributed by atoms with Gasteiger partial charge in [-0.05, 0) is 36.4 Å². The molecule has 4 rings (SSSR count). The fraction of sp³-hybridized carbons (Fsp3) is 0.167. The van der Waals surface area contributed by atoms with E-state index in [4.69, 9.17) is 0 Å². The van der Waals surface area contributed by atoms with Crippen molar-refractivity contribution < 1.29 is 19.5 Å². The Bertz CT molecular complexity index is 893. The van der Waals surface area contributed by atoms with Crippen LogP contribution in [0.5, 0.6) is 5.75 Å². The Morgan fingerprint density at radius 1 is 1.12 bits per heavy atom. The number of phenols is 1. The number of fused-ring (bicyclic) bond motifs is 3. The Balaban J connectivity index is 1.74. The monoisotopic (exact) mass is 337 g/mol. The molecule has 0 unspecified atom stereocenters. The predicted octanol–water partition coefficient (Wildman–Crippen LogP) is 1.60. The van der Waals surface area contributed by atoms with Crippen molar-refractivity contribution in [3.05, 3.63) is 54.1 Å². The molecule has 0 aliphatic carbocycles. The minimum atomic E-state index is -1.44. The summed E-state index contributed by atoms with van der Waals surface area (Å²) in [5.74, 6) is -1.02. The van der Waals surface area contributed by atoms with Gasteiger partial charge >= 0.3 is 0 Å². The number of nitrogens with zero attached hydrogens (tertiary/aromatic N) is 1. The number of hydrogen-bond donors (Lipinski definition) is 3. The summed E-state index contributed by atoms with van der Waals surface area (Å²) in [6, 6.07) is 12.7. The first kappa shape index (κ1) is 15.2. The summed E-state index contributed by atoms with van der Waals surface area (Å²) >= 11 is 0. The predicted molar refractivity (Wildman–Crippen MR) is 90.1 cm³/mol. The van der Waals surface area contributed by atoms with Crippen molar-refractivity contribution >= 4 is 29.1 Å². The van der Waals surface area contributed by atoms with Gasteiger partial charge in [0.1, 0.15) is 5.75 Å². The van der Waals surface area contributed by atoms with Crippen LogP contribution in [0.25, 0.3) is 0 Å². The van der Waals surface area contributed by atoms with Gasteiger partial charge in [-0.1, -0.05) is 12.1 Å². The second-order valence-electron chi connectivity index (χ2n) is 6.06. The lowest BCUT2D eigenvalue weighted by atomic mass is 9.98.